The Kier molecular flexibility index (Phi) is 51.9. The maximum absolute atomic E-state index is 8.40. The second-order valence-electron chi connectivity index (χ2n) is 0.0833. The van der Waals surface area contributed by atoms with E-state index in [-0.39, 0.29) is 18.3 Å². The average Bonchev–Trinajstić information content (AvgIpc) is 1.46. The van der Waals surface area contributed by atoms with E-state index >= 15 is 0 Å². The van der Waals surface area contributed by atoms with Crippen molar-refractivity contribution >= 4 is 9.29 Å². The minimum absolute atomic E-state index is 0.125. The van der Waals surface area contributed by atoms with Crippen molar-refractivity contribution in [1.82, 2.24) is 0 Å². The first kappa shape index (κ1) is 8.97. The first-order valence-electron chi connectivity index (χ1n) is 0.697. The Labute approximate surface area is 40.6 Å². The summed E-state index contributed by atoms with van der Waals surface area (Å²) in [6, 6.07) is 0. The Balaban J connectivity index is 0. The summed E-state index contributed by atoms with van der Waals surface area (Å²) in [6.07, 6.45) is 0. The molecule has 0 unspecified atom stereocenters. The van der Waals surface area contributed by atoms with Crippen LogP contribution in [0.25, 0.3) is 0 Å². The zero-order valence-electron chi connectivity index (χ0n) is 2.43. The standard InChI is InChI=1S/O2Si.O.Zn/c1-3-2;;. The van der Waals surface area contributed by atoms with Crippen molar-refractivity contribution in [1.29, 1.82) is 0 Å². The second kappa shape index (κ2) is 28.9. The van der Waals surface area contributed by atoms with Gasteiger partial charge in [-0.15, -0.1) is 0 Å². The van der Waals surface area contributed by atoms with Gasteiger partial charge < -0.3 is 0 Å². The summed E-state index contributed by atoms with van der Waals surface area (Å²) in [7, 11) is -1.42. The summed E-state index contributed by atoms with van der Waals surface area (Å²) in [5, 5.41) is 0. The molecule has 0 amide bonds. The van der Waals surface area contributed by atoms with Gasteiger partial charge in [0.05, 0.1) is 0 Å². The van der Waals surface area contributed by atoms with Gasteiger partial charge in [0.2, 0.25) is 0 Å². The Morgan fingerprint density at radius 1 is 1.20 bits per heavy atom. The predicted octanol–water partition coefficient (Wildman–Crippen LogP) is -0.740. The quantitative estimate of drug-likeness (QED) is 0.418. The van der Waals surface area contributed by atoms with Gasteiger partial charge in [0, 0.05) is 0 Å². The van der Waals surface area contributed by atoms with Crippen LogP contribution >= 0.6 is 0 Å². The molecule has 0 heterocycles. The summed E-state index contributed by atoms with van der Waals surface area (Å²) in [6.45, 7) is 0. The minimum atomic E-state index is -1.42. The summed E-state index contributed by atoms with van der Waals surface area (Å²) in [4.78, 5) is 0. The molecule has 0 aromatic rings. The zero-order chi connectivity index (χ0) is 4.71. The molecule has 0 aromatic heterocycles. The molecule has 0 N–H and O–H groups in total. The molecule has 0 aliphatic heterocycles. The van der Waals surface area contributed by atoms with Crippen molar-refractivity contribution in [2.45, 2.75) is 0 Å². The average molecular weight is 141 g/mol. The number of rotatable bonds is 0. The molecule has 5 heavy (non-hydrogen) atoms. The van der Waals surface area contributed by atoms with Crippen molar-refractivity contribution in [3.63, 3.8) is 0 Å². The van der Waals surface area contributed by atoms with E-state index in [1.54, 1.807) is 0 Å². The Morgan fingerprint density at radius 2 is 1.20 bits per heavy atom. The van der Waals surface area contributed by atoms with Crippen LogP contribution in [0.1, 0.15) is 0 Å². The van der Waals surface area contributed by atoms with Gasteiger partial charge in [0.25, 0.3) is 0 Å². The molecule has 0 rings (SSSR count). The van der Waals surface area contributed by atoms with Crippen molar-refractivity contribution < 1.29 is 30.8 Å². The summed E-state index contributed by atoms with van der Waals surface area (Å²) < 4.78 is 25.2. The van der Waals surface area contributed by atoms with Gasteiger partial charge in [0.1, 0.15) is 0 Å². The van der Waals surface area contributed by atoms with Crippen LogP contribution in [0.3, 0.4) is 0 Å². The molecule has 0 spiro atoms. The molecule has 0 saturated carbocycles. The van der Waals surface area contributed by atoms with E-state index in [0.717, 1.165) is 0 Å². The van der Waals surface area contributed by atoms with Crippen molar-refractivity contribution in [3.8, 4) is 0 Å². The van der Waals surface area contributed by atoms with E-state index in [1.807, 2.05) is 0 Å². The summed E-state index contributed by atoms with van der Waals surface area (Å²) >= 11 is 0.125. The van der Waals surface area contributed by atoms with Gasteiger partial charge >= 0.3 is 31.1 Å². The molecule has 0 aromatic carbocycles. The van der Waals surface area contributed by atoms with Gasteiger partial charge in [-0.05, 0) is 0 Å². The molecule has 0 fully saturated rings. The monoisotopic (exact) mass is 140 g/mol. The Bertz CT molecular complexity index is 36.2. The zero-order valence-corrected chi connectivity index (χ0v) is 6.40. The fraction of sp³-hybridized carbons (Fsp3) is 0. The number of hydrogen-bond donors (Lipinski definition) is 0. The molecule has 0 radical (unpaired) electrons. The molecule has 0 aliphatic rings. The van der Waals surface area contributed by atoms with Crippen LogP contribution in [-0.2, 0) is 30.8 Å². The summed E-state index contributed by atoms with van der Waals surface area (Å²) in [5.41, 5.74) is 0. The van der Waals surface area contributed by atoms with Crippen LogP contribution in [0, 0.1) is 0 Å². The molecule has 5 heteroatoms. The third-order valence-corrected chi connectivity index (χ3v) is 0. The van der Waals surface area contributed by atoms with Gasteiger partial charge in [-0.25, -0.2) is 0 Å². The Hall–Kier alpha value is 0.240. The third-order valence-electron chi connectivity index (χ3n) is 0. The van der Waals surface area contributed by atoms with Gasteiger partial charge in [-0.2, -0.15) is 0 Å². The van der Waals surface area contributed by atoms with E-state index in [2.05, 4.69) is 0 Å². The van der Waals surface area contributed by atoms with Crippen LogP contribution in [0.5, 0.6) is 0 Å². The molecule has 0 bridgehead atoms. The third kappa shape index (κ3) is 369. The second-order valence-corrected chi connectivity index (χ2v) is 0.250. The molecular formula is O3SiZn. The topological polar surface area (TPSA) is 51.2 Å². The van der Waals surface area contributed by atoms with Crippen LogP contribution in [0.2, 0.25) is 0 Å². The molecular weight excluding hydrogens is 141 g/mol. The van der Waals surface area contributed by atoms with Crippen LogP contribution in [0.15, 0.2) is 0 Å². The molecule has 24 valence electrons. The molecule has 0 aliphatic carbocycles. The van der Waals surface area contributed by atoms with Gasteiger partial charge in [0.15, 0.2) is 0 Å². The van der Waals surface area contributed by atoms with E-state index in [0.29, 0.717) is 0 Å². The predicted molar refractivity (Wildman–Crippen MR) is 7.81 cm³/mol. The van der Waals surface area contributed by atoms with Crippen LogP contribution < -0.4 is 0 Å². The molecule has 0 saturated heterocycles. The summed E-state index contributed by atoms with van der Waals surface area (Å²) in [5.74, 6) is 0. The first-order chi connectivity index (χ1) is 2.41. The van der Waals surface area contributed by atoms with E-state index in [9.17, 15) is 0 Å². The van der Waals surface area contributed by atoms with Gasteiger partial charge in [-0.3, -0.25) is 8.92 Å². The SMILES string of the molecule is O=[Si]=O.[O]=[Zn]. The van der Waals surface area contributed by atoms with Crippen LogP contribution in [-0.4, -0.2) is 9.29 Å². The van der Waals surface area contributed by atoms with E-state index < -0.39 is 9.29 Å². The maximum atomic E-state index is 8.40. The fourth-order valence-corrected chi connectivity index (χ4v) is 0. The van der Waals surface area contributed by atoms with Gasteiger partial charge in [-0.1, -0.05) is 0 Å². The number of hydrogen-bond acceptors (Lipinski definition) is 3. The van der Waals surface area contributed by atoms with Crippen LogP contribution in [0.4, 0.5) is 0 Å². The van der Waals surface area contributed by atoms with Crippen molar-refractivity contribution in [3.05, 3.63) is 0 Å². The van der Waals surface area contributed by atoms with Crippen molar-refractivity contribution in [2.75, 3.05) is 0 Å². The van der Waals surface area contributed by atoms with E-state index in [4.69, 9.17) is 12.5 Å². The molecule has 0 atom stereocenters. The van der Waals surface area contributed by atoms with Crippen molar-refractivity contribution in [2.24, 2.45) is 0 Å². The first-order valence-corrected chi connectivity index (χ1v) is 2.72. The normalized spacial score (nSPS) is 2.80. The fourth-order valence-electron chi connectivity index (χ4n) is 0. The molecule has 3 nitrogen and oxygen atoms in total. The Morgan fingerprint density at radius 3 is 1.20 bits per heavy atom. The van der Waals surface area contributed by atoms with E-state index in [1.165, 1.54) is 0 Å².